The largest absolute Gasteiger partial charge is 0.493 e. The molecule has 6 rings (SSSR count). The fraction of sp³-hybridized carbons (Fsp3) is 0.280. The summed E-state index contributed by atoms with van der Waals surface area (Å²) in [5.74, 6) is 1.22. The number of aromatic nitrogens is 3. The number of H-pyrrole nitrogens is 1. The van der Waals surface area contributed by atoms with Crippen molar-refractivity contribution in [1.82, 2.24) is 20.1 Å². The Bertz CT molecular complexity index is 1370. The molecule has 1 saturated heterocycles. The molecule has 2 aliphatic rings. The lowest BCUT2D eigenvalue weighted by Crippen LogP contribution is -2.44. The molecule has 6 nitrogen and oxygen atoms in total. The molecule has 0 amide bonds. The fourth-order valence-electron chi connectivity index (χ4n) is 4.79. The minimum Gasteiger partial charge on any atom is -0.493 e. The van der Waals surface area contributed by atoms with Gasteiger partial charge in [-0.15, -0.1) is 0 Å². The van der Waals surface area contributed by atoms with Gasteiger partial charge in [0.05, 0.1) is 18.7 Å². The number of aromatic amines is 1. The van der Waals surface area contributed by atoms with E-state index in [0.717, 1.165) is 58.5 Å². The Morgan fingerprint density at radius 3 is 2.82 bits per heavy atom. The molecular weight excluding hydrogens is 459 g/mol. The van der Waals surface area contributed by atoms with Crippen molar-refractivity contribution in [2.45, 2.75) is 13.0 Å². The van der Waals surface area contributed by atoms with Crippen molar-refractivity contribution in [3.05, 3.63) is 70.1 Å². The third-order valence-electron chi connectivity index (χ3n) is 6.67. The first-order valence-corrected chi connectivity index (χ1v) is 11.8. The van der Waals surface area contributed by atoms with E-state index in [1.54, 1.807) is 6.20 Å². The van der Waals surface area contributed by atoms with Gasteiger partial charge in [-0.2, -0.15) is 5.10 Å². The van der Waals surface area contributed by atoms with Crippen LogP contribution in [0.5, 0.6) is 5.75 Å². The normalized spacial score (nSPS) is 18.1. The molecule has 8 heteroatoms. The standard InChI is InChI=1S/C25H22Cl2N4O2/c26-18-2-4-23-16(6-18)5-17(13-33-23)24(32)21-12-31(11-14-8-28-9-14)22-7-15(1-3-19(21)22)20-10-29-30-25(20)27/h1-4,6-7,10,12,14,17,28H,5,8-9,11,13H2,(H,29,30). The molecule has 1 atom stereocenters. The van der Waals surface area contributed by atoms with E-state index in [9.17, 15) is 4.79 Å². The Morgan fingerprint density at radius 1 is 1.18 bits per heavy atom. The first-order chi connectivity index (χ1) is 16.1. The van der Waals surface area contributed by atoms with Crippen LogP contribution in [0.25, 0.3) is 22.0 Å². The van der Waals surface area contributed by atoms with Crippen molar-refractivity contribution < 1.29 is 9.53 Å². The highest BCUT2D eigenvalue weighted by Crippen LogP contribution is 2.35. The van der Waals surface area contributed by atoms with Gasteiger partial charge in [-0.05, 0) is 41.8 Å². The number of benzene rings is 2. The first kappa shape index (κ1) is 20.8. The Hall–Kier alpha value is -2.80. The number of carbonyl (C=O) groups excluding carboxylic acids is 1. The summed E-state index contributed by atoms with van der Waals surface area (Å²) < 4.78 is 8.11. The monoisotopic (exact) mass is 480 g/mol. The molecule has 33 heavy (non-hydrogen) atoms. The van der Waals surface area contributed by atoms with E-state index in [1.807, 2.05) is 36.5 Å². The second-order valence-electron chi connectivity index (χ2n) is 8.88. The lowest BCUT2D eigenvalue weighted by molar-refractivity contribution is 0.0856. The number of fused-ring (bicyclic) bond motifs is 2. The molecule has 4 aromatic rings. The molecule has 0 radical (unpaired) electrons. The molecule has 2 N–H and O–H groups in total. The highest BCUT2D eigenvalue weighted by molar-refractivity contribution is 6.32. The van der Waals surface area contributed by atoms with Crippen LogP contribution in [-0.2, 0) is 13.0 Å². The number of nitrogens with zero attached hydrogens (tertiary/aromatic N) is 2. The summed E-state index contributed by atoms with van der Waals surface area (Å²) >= 11 is 12.5. The van der Waals surface area contributed by atoms with Gasteiger partial charge in [-0.25, -0.2) is 0 Å². The average molecular weight is 481 g/mol. The number of ether oxygens (including phenoxy) is 1. The lowest BCUT2D eigenvalue weighted by atomic mass is 9.89. The quantitative estimate of drug-likeness (QED) is 0.394. The fourth-order valence-corrected chi connectivity index (χ4v) is 5.19. The predicted molar refractivity (Wildman–Crippen MR) is 129 cm³/mol. The van der Waals surface area contributed by atoms with Crippen LogP contribution in [0.2, 0.25) is 10.2 Å². The molecule has 1 unspecified atom stereocenters. The zero-order valence-corrected chi connectivity index (χ0v) is 19.3. The zero-order chi connectivity index (χ0) is 22.5. The Labute approximate surface area is 200 Å². The van der Waals surface area contributed by atoms with Gasteiger partial charge in [0, 0.05) is 58.8 Å². The molecule has 0 aliphatic carbocycles. The number of halogens is 2. The number of rotatable bonds is 5. The molecule has 2 aliphatic heterocycles. The molecule has 1 fully saturated rings. The number of hydrogen-bond donors (Lipinski definition) is 2. The van der Waals surface area contributed by atoms with Crippen LogP contribution in [0.3, 0.4) is 0 Å². The van der Waals surface area contributed by atoms with E-state index in [1.165, 1.54) is 0 Å². The number of nitrogens with one attached hydrogen (secondary N) is 2. The van der Waals surface area contributed by atoms with Crippen LogP contribution in [0.4, 0.5) is 0 Å². The zero-order valence-electron chi connectivity index (χ0n) is 17.8. The van der Waals surface area contributed by atoms with E-state index in [0.29, 0.717) is 29.1 Å². The van der Waals surface area contributed by atoms with Crippen molar-refractivity contribution in [3.8, 4) is 16.9 Å². The molecule has 2 aromatic heterocycles. The highest BCUT2D eigenvalue weighted by Gasteiger charge is 2.30. The number of Topliss-reactive ketones (excluding diaryl/α,β-unsaturated/α-hetero) is 1. The second kappa shape index (κ2) is 8.20. The van der Waals surface area contributed by atoms with Crippen LogP contribution in [-0.4, -0.2) is 40.2 Å². The van der Waals surface area contributed by atoms with Crippen molar-refractivity contribution >= 4 is 39.9 Å². The lowest BCUT2D eigenvalue weighted by Gasteiger charge is -2.27. The summed E-state index contributed by atoms with van der Waals surface area (Å²) in [7, 11) is 0. The third-order valence-corrected chi connectivity index (χ3v) is 7.20. The summed E-state index contributed by atoms with van der Waals surface area (Å²) in [6, 6.07) is 11.7. The number of ketones is 1. The maximum Gasteiger partial charge on any atom is 0.171 e. The van der Waals surface area contributed by atoms with Crippen LogP contribution in [0.1, 0.15) is 15.9 Å². The smallest absolute Gasteiger partial charge is 0.171 e. The Balaban J connectivity index is 1.39. The number of hydrogen-bond acceptors (Lipinski definition) is 4. The summed E-state index contributed by atoms with van der Waals surface area (Å²) in [4.78, 5) is 13.7. The van der Waals surface area contributed by atoms with Crippen molar-refractivity contribution in [2.75, 3.05) is 19.7 Å². The van der Waals surface area contributed by atoms with Crippen LogP contribution < -0.4 is 10.1 Å². The molecule has 0 bridgehead atoms. The summed E-state index contributed by atoms with van der Waals surface area (Å²) in [6.45, 7) is 3.21. The third kappa shape index (κ3) is 3.72. The Morgan fingerprint density at radius 2 is 2.06 bits per heavy atom. The summed E-state index contributed by atoms with van der Waals surface area (Å²) in [5.41, 5.74) is 4.56. The molecule has 0 spiro atoms. The molecule has 2 aromatic carbocycles. The van der Waals surface area contributed by atoms with E-state index in [4.69, 9.17) is 27.9 Å². The van der Waals surface area contributed by atoms with E-state index in [2.05, 4.69) is 26.1 Å². The molecule has 0 saturated carbocycles. The minimum absolute atomic E-state index is 0.102. The van der Waals surface area contributed by atoms with E-state index < -0.39 is 0 Å². The summed E-state index contributed by atoms with van der Waals surface area (Å²) in [6.07, 6.45) is 4.36. The SMILES string of the molecule is O=C(c1cn(CC2CNC2)c2cc(-c3cn[nH]c3Cl)ccc12)C1COc2ccc(Cl)cc2C1. The average Bonchev–Trinajstić information content (AvgIpc) is 3.38. The van der Waals surface area contributed by atoms with Crippen LogP contribution >= 0.6 is 23.2 Å². The second-order valence-corrected chi connectivity index (χ2v) is 9.69. The van der Waals surface area contributed by atoms with Gasteiger partial charge in [0.1, 0.15) is 10.9 Å². The van der Waals surface area contributed by atoms with Crippen LogP contribution in [0, 0.1) is 11.8 Å². The van der Waals surface area contributed by atoms with Crippen molar-refractivity contribution in [2.24, 2.45) is 11.8 Å². The molecule has 4 heterocycles. The minimum atomic E-state index is -0.247. The molecular formula is C25H22Cl2N4O2. The Kier molecular flexibility index (Phi) is 5.17. The van der Waals surface area contributed by atoms with E-state index >= 15 is 0 Å². The predicted octanol–water partition coefficient (Wildman–Crippen LogP) is 4.99. The van der Waals surface area contributed by atoms with E-state index in [-0.39, 0.29) is 11.7 Å². The van der Waals surface area contributed by atoms with Crippen molar-refractivity contribution in [1.29, 1.82) is 0 Å². The molecule has 168 valence electrons. The van der Waals surface area contributed by atoms with Gasteiger partial charge in [-0.3, -0.25) is 9.89 Å². The van der Waals surface area contributed by atoms with Gasteiger partial charge in [0.25, 0.3) is 0 Å². The van der Waals surface area contributed by atoms with Gasteiger partial charge >= 0.3 is 0 Å². The number of carbonyl (C=O) groups is 1. The maximum atomic E-state index is 13.7. The highest BCUT2D eigenvalue weighted by atomic mass is 35.5. The topological polar surface area (TPSA) is 71.9 Å². The van der Waals surface area contributed by atoms with Gasteiger partial charge in [0.2, 0.25) is 0 Å². The summed E-state index contributed by atoms with van der Waals surface area (Å²) in [5, 5.41) is 12.3. The maximum absolute atomic E-state index is 13.7. The van der Waals surface area contributed by atoms with Gasteiger partial charge in [-0.1, -0.05) is 35.3 Å². The van der Waals surface area contributed by atoms with Gasteiger partial charge < -0.3 is 14.6 Å². The van der Waals surface area contributed by atoms with Crippen LogP contribution in [0.15, 0.2) is 48.8 Å². The van der Waals surface area contributed by atoms with Gasteiger partial charge in [0.15, 0.2) is 5.78 Å². The first-order valence-electron chi connectivity index (χ1n) is 11.0. The van der Waals surface area contributed by atoms with Crippen molar-refractivity contribution in [3.63, 3.8) is 0 Å².